The molecule has 0 unspecified atom stereocenters. The second kappa shape index (κ2) is 7.50. The number of rotatable bonds is 5. The molecule has 2 aromatic carbocycles. The van der Waals surface area contributed by atoms with Crippen LogP contribution in [0.15, 0.2) is 48.7 Å². The quantitative estimate of drug-likeness (QED) is 0.386. The maximum absolute atomic E-state index is 15.3. The molecule has 1 fully saturated rings. The number of aliphatic carboxylic acids is 1. The Bertz CT molecular complexity index is 1320. The van der Waals surface area contributed by atoms with Gasteiger partial charge in [-0.3, -0.25) is 0 Å². The predicted molar refractivity (Wildman–Crippen MR) is 116 cm³/mol. The van der Waals surface area contributed by atoms with Crippen molar-refractivity contribution in [2.45, 2.75) is 31.0 Å². The van der Waals surface area contributed by atoms with Gasteiger partial charge in [-0.1, -0.05) is 12.6 Å². The first-order valence-corrected chi connectivity index (χ1v) is 10.5. The Morgan fingerprint density at radius 2 is 1.91 bits per heavy atom. The van der Waals surface area contributed by atoms with Crippen LogP contribution in [0.4, 0.5) is 17.6 Å². The zero-order chi connectivity index (χ0) is 23.5. The predicted octanol–water partition coefficient (Wildman–Crippen LogP) is 5.65. The van der Waals surface area contributed by atoms with E-state index in [0.717, 1.165) is 24.3 Å². The van der Waals surface area contributed by atoms with E-state index in [-0.39, 0.29) is 24.1 Å². The molecule has 4 nitrogen and oxygen atoms in total. The lowest BCUT2D eigenvalue weighted by molar-refractivity contribution is -0.131. The van der Waals surface area contributed by atoms with Crippen molar-refractivity contribution in [2.24, 2.45) is 0 Å². The Kier molecular flexibility index (Phi) is 4.84. The van der Waals surface area contributed by atoms with Crippen LogP contribution < -0.4 is 0 Å². The summed E-state index contributed by atoms with van der Waals surface area (Å²) in [4.78, 5) is 15.4. The normalized spacial score (nSPS) is 19.3. The van der Waals surface area contributed by atoms with Crippen LogP contribution in [0.1, 0.15) is 41.3 Å². The van der Waals surface area contributed by atoms with Crippen LogP contribution in [0.3, 0.4) is 0 Å². The Balaban J connectivity index is 1.71. The number of hydrogen-bond donors (Lipinski definition) is 2. The molecule has 0 radical (unpaired) electrons. The summed E-state index contributed by atoms with van der Waals surface area (Å²) in [5.41, 5.74) is 0.0694. The zero-order valence-corrected chi connectivity index (χ0v) is 17.5. The second-order valence-corrected chi connectivity index (χ2v) is 8.67. The molecule has 1 aromatic heterocycles. The third-order valence-corrected chi connectivity index (χ3v) is 6.32. The summed E-state index contributed by atoms with van der Waals surface area (Å²) >= 11 is 0. The van der Waals surface area contributed by atoms with Crippen LogP contribution in [0.25, 0.3) is 17.0 Å². The molecule has 0 saturated heterocycles. The van der Waals surface area contributed by atoms with Crippen molar-refractivity contribution in [1.29, 1.82) is 0 Å². The summed E-state index contributed by atoms with van der Waals surface area (Å²) < 4.78 is 60.2. The Labute approximate surface area is 186 Å². The van der Waals surface area contributed by atoms with Crippen molar-refractivity contribution in [2.75, 3.05) is 6.54 Å². The number of nitrogens with zero attached hydrogens (tertiary/aromatic N) is 1. The molecule has 2 heterocycles. The van der Waals surface area contributed by atoms with Crippen LogP contribution in [0.5, 0.6) is 0 Å². The molecule has 8 heteroatoms. The number of nitrogens with one attached hydrogen (secondary N) is 1. The average molecular weight is 456 g/mol. The van der Waals surface area contributed by atoms with E-state index in [9.17, 15) is 13.6 Å². The molecule has 1 aliphatic heterocycles. The van der Waals surface area contributed by atoms with Crippen LogP contribution >= 0.6 is 0 Å². The van der Waals surface area contributed by atoms with Crippen molar-refractivity contribution >= 4 is 22.9 Å². The van der Waals surface area contributed by atoms with E-state index in [1.807, 2.05) is 0 Å². The number of fused-ring (bicyclic) bond motifs is 3. The number of hydrogen-bond acceptors (Lipinski definition) is 2. The fourth-order valence-electron chi connectivity index (χ4n) is 4.58. The SMILES string of the molecule is C=C1Cc2c([nH]c3cccc(F)c23)[C@H](c2c(F)cc(/C=C/C(=O)O)cc2F)N1CC1(F)CC1. The molecule has 2 aliphatic rings. The van der Waals surface area contributed by atoms with Crippen LogP contribution in [-0.4, -0.2) is 33.2 Å². The number of alkyl halides is 1. The number of benzene rings is 2. The Morgan fingerprint density at radius 1 is 1.21 bits per heavy atom. The zero-order valence-electron chi connectivity index (χ0n) is 17.5. The molecule has 1 saturated carbocycles. The first-order chi connectivity index (χ1) is 15.7. The van der Waals surface area contributed by atoms with Gasteiger partial charge < -0.3 is 15.0 Å². The van der Waals surface area contributed by atoms with E-state index in [2.05, 4.69) is 11.6 Å². The summed E-state index contributed by atoms with van der Waals surface area (Å²) in [6, 6.07) is 5.49. The highest BCUT2D eigenvalue weighted by molar-refractivity contribution is 5.87. The number of carbonyl (C=O) groups is 1. The van der Waals surface area contributed by atoms with Crippen molar-refractivity contribution in [3.63, 3.8) is 0 Å². The molecule has 0 amide bonds. The van der Waals surface area contributed by atoms with Crippen molar-refractivity contribution in [1.82, 2.24) is 9.88 Å². The van der Waals surface area contributed by atoms with E-state index in [0.29, 0.717) is 40.7 Å². The van der Waals surface area contributed by atoms with Gasteiger partial charge in [-0.25, -0.2) is 22.4 Å². The number of aromatic amines is 1. The molecular formula is C25H20F4N2O2. The minimum atomic E-state index is -1.47. The van der Waals surface area contributed by atoms with Crippen LogP contribution in [-0.2, 0) is 11.2 Å². The van der Waals surface area contributed by atoms with Gasteiger partial charge in [-0.05, 0) is 54.3 Å². The molecule has 1 atom stereocenters. The molecule has 170 valence electrons. The highest BCUT2D eigenvalue weighted by Gasteiger charge is 2.48. The molecular weight excluding hydrogens is 436 g/mol. The maximum Gasteiger partial charge on any atom is 0.328 e. The lowest BCUT2D eigenvalue weighted by Crippen LogP contribution is -2.39. The third kappa shape index (κ3) is 3.69. The Hall–Kier alpha value is -3.55. The van der Waals surface area contributed by atoms with Gasteiger partial charge in [-0.2, -0.15) is 0 Å². The monoisotopic (exact) mass is 456 g/mol. The van der Waals surface area contributed by atoms with Gasteiger partial charge in [0.2, 0.25) is 0 Å². The summed E-state index contributed by atoms with van der Waals surface area (Å²) in [6.07, 6.45) is 2.77. The lowest BCUT2D eigenvalue weighted by Gasteiger charge is -2.40. The molecule has 1 aliphatic carbocycles. The van der Waals surface area contributed by atoms with Crippen LogP contribution in [0, 0.1) is 17.5 Å². The average Bonchev–Trinajstić information content (AvgIpc) is 3.35. The van der Waals surface area contributed by atoms with Gasteiger partial charge in [0.1, 0.15) is 29.2 Å². The van der Waals surface area contributed by atoms with Gasteiger partial charge in [0.25, 0.3) is 0 Å². The second-order valence-electron chi connectivity index (χ2n) is 8.67. The fourth-order valence-corrected chi connectivity index (χ4v) is 4.58. The lowest BCUT2D eigenvalue weighted by atomic mass is 9.89. The van der Waals surface area contributed by atoms with Gasteiger partial charge in [0.05, 0.1) is 12.1 Å². The maximum atomic E-state index is 15.3. The first kappa shape index (κ1) is 21.3. The molecule has 0 bridgehead atoms. The van der Waals surface area contributed by atoms with E-state index < -0.39 is 35.1 Å². The first-order valence-electron chi connectivity index (χ1n) is 10.5. The standard InChI is InChI=1S/C25H20F4N2O2/c1-13-9-15-21-16(26)3-2-4-19(21)30-23(15)24(31(13)12-25(29)7-8-25)22-17(27)10-14(11-18(22)28)5-6-20(32)33/h2-6,10-11,24,30H,1,7-9,12H2,(H,32,33)/b6-5+/t24-/m0/s1. The van der Waals surface area contributed by atoms with Gasteiger partial charge in [-0.15, -0.1) is 0 Å². The number of allylic oxidation sites excluding steroid dienone is 1. The summed E-state index contributed by atoms with van der Waals surface area (Å²) in [7, 11) is 0. The minimum absolute atomic E-state index is 0.0319. The van der Waals surface area contributed by atoms with Gasteiger partial charge in [0.15, 0.2) is 0 Å². The smallest absolute Gasteiger partial charge is 0.328 e. The van der Waals surface area contributed by atoms with E-state index >= 15 is 8.78 Å². The highest BCUT2D eigenvalue weighted by Crippen LogP contribution is 2.48. The van der Waals surface area contributed by atoms with Gasteiger partial charge in [0, 0.05) is 34.8 Å². The summed E-state index contributed by atoms with van der Waals surface area (Å²) in [5.74, 6) is -3.56. The van der Waals surface area contributed by atoms with Crippen molar-refractivity contribution in [3.05, 3.63) is 88.5 Å². The topological polar surface area (TPSA) is 56.3 Å². The molecule has 5 rings (SSSR count). The van der Waals surface area contributed by atoms with E-state index in [1.165, 1.54) is 12.1 Å². The number of H-pyrrole nitrogens is 1. The number of carboxylic acids is 1. The Morgan fingerprint density at radius 3 is 2.55 bits per heavy atom. The molecule has 3 aromatic rings. The molecule has 33 heavy (non-hydrogen) atoms. The highest BCUT2D eigenvalue weighted by atomic mass is 19.1. The van der Waals surface area contributed by atoms with E-state index in [4.69, 9.17) is 5.11 Å². The minimum Gasteiger partial charge on any atom is -0.478 e. The van der Waals surface area contributed by atoms with Gasteiger partial charge >= 0.3 is 5.97 Å². The van der Waals surface area contributed by atoms with Crippen LogP contribution in [0.2, 0.25) is 0 Å². The van der Waals surface area contributed by atoms with Crippen molar-refractivity contribution in [3.8, 4) is 0 Å². The summed E-state index contributed by atoms with van der Waals surface area (Å²) in [5, 5.41) is 9.11. The molecule has 0 spiro atoms. The fraction of sp³-hybridized carbons (Fsp3) is 0.240. The largest absolute Gasteiger partial charge is 0.478 e. The molecule has 2 N–H and O–H groups in total. The number of carboxylic acid groups (broad SMARTS) is 1. The third-order valence-electron chi connectivity index (χ3n) is 6.32. The van der Waals surface area contributed by atoms with Crippen molar-refractivity contribution < 1.29 is 27.5 Å². The number of halogens is 4. The number of aromatic nitrogens is 1. The summed E-state index contributed by atoms with van der Waals surface area (Å²) in [6.45, 7) is 3.94. The van der Waals surface area contributed by atoms with E-state index in [1.54, 1.807) is 11.0 Å².